The van der Waals surface area contributed by atoms with Gasteiger partial charge in [-0.2, -0.15) is 5.10 Å². The minimum atomic E-state index is 0.0495. The van der Waals surface area contributed by atoms with Crippen LogP contribution in [0.15, 0.2) is 17.4 Å². The molecule has 30 heavy (non-hydrogen) atoms. The fourth-order valence-electron chi connectivity index (χ4n) is 2.69. The second-order valence-corrected chi connectivity index (χ2v) is 8.46. The second-order valence-electron chi connectivity index (χ2n) is 8.46. The molecule has 0 fully saturated rings. The monoisotopic (exact) mass is 427 g/mol. The van der Waals surface area contributed by atoms with Crippen LogP contribution in [0.1, 0.15) is 81.1 Å². The molecule has 6 nitrogen and oxygen atoms in total. The molecule has 0 spiro atoms. The van der Waals surface area contributed by atoms with Gasteiger partial charge in [0.1, 0.15) is 6.29 Å². The highest BCUT2D eigenvalue weighted by Crippen LogP contribution is 2.21. The number of hydrogen-bond acceptors (Lipinski definition) is 6. The maximum absolute atomic E-state index is 10.5. The Balaban J connectivity index is -0.000000448. The lowest BCUT2D eigenvalue weighted by Crippen LogP contribution is -2.40. The number of nitrogens with one attached hydrogen (secondary N) is 2. The van der Waals surface area contributed by atoms with Crippen molar-refractivity contribution in [1.29, 1.82) is 0 Å². The second kappa shape index (κ2) is 22.3. The Morgan fingerprint density at radius 3 is 2.27 bits per heavy atom. The molecule has 0 aliphatic heterocycles. The third-order valence-corrected chi connectivity index (χ3v) is 4.46. The van der Waals surface area contributed by atoms with Crippen molar-refractivity contribution in [2.45, 2.75) is 87.1 Å². The molecule has 6 heteroatoms. The first-order valence-corrected chi connectivity index (χ1v) is 11.6. The number of rotatable bonds is 14. The van der Waals surface area contributed by atoms with Crippen molar-refractivity contribution in [3.05, 3.63) is 12.3 Å². The minimum Gasteiger partial charge on any atom is -0.389 e. The van der Waals surface area contributed by atoms with Gasteiger partial charge in [0, 0.05) is 45.0 Å². The van der Waals surface area contributed by atoms with E-state index in [1.165, 1.54) is 18.5 Å². The Hall–Kier alpha value is -1.40. The Kier molecular flexibility index (Phi) is 24.7. The smallest absolute Gasteiger partial charge is 0.121 e. The molecular formula is C24H53N5O. The van der Waals surface area contributed by atoms with E-state index in [9.17, 15) is 4.79 Å². The van der Waals surface area contributed by atoms with Crippen LogP contribution in [0.25, 0.3) is 0 Å². The van der Waals surface area contributed by atoms with E-state index in [1.54, 1.807) is 13.3 Å². The molecule has 0 aromatic rings. The van der Waals surface area contributed by atoms with Crippen LogP contribution in [0.3, 0.4) is 0 Å². The predicted octanol–water partition coefficient (Wildman–Crippen LogP) is 4.42. The lowest BCUT2D eigenvalue weighted by molar-refractivity contribution is -0.108. The molecule has 0 saturated heterocycles. The summed E-state index contributed by atoms with van der Waals surface area (Å²) in [6.07, 6.45) is 6.69. The molecule has 0 aromatic carbocycles. The van der Waals surface area contributed by atoms with Crippen LogP contribution in [0.2, 0.25) is 0 Å². The quantitative estimate of drug-likeness (QED) is 0.217. The molecular weight excluding hydrogens is 374 g/mol. The van der Waals surface area contributed by atoms with Gasteiger partial charge in [-0.05, 0) is 30.7 Å². The summed E-state index contributed by atoms with van der Waals surface area (Å²) in [7, 11) is 1.73. The summed E-state index contributed by atoms with van der Waals surface area (Å²) in [5.41, 5.74) is 9.68. The van der Waals surface area contributed by atoms with Gasteiger partial charge in [-0.3, -0.25) is 4.90 Å². The molecule has 180 valence electrons. The van der Waals surface area contributed by atoms with Gasteiger partial charge in [-0.15, -0.1) is 0 Å². The van der Waals surface area contributed by atoms with Crippen molar-refractivity contribution in [2.75, 3.05) is 33.2 Å². The van der Waals surface area contributed by atoms with Crippen LogP contribution in [-0.4, -0.2) is 56.7 Å². The van der Waals surface area contributed by atoms with Gasteiger partial charge >= 0.3 is 0 Å². The van der Waals surface area contributed by atoms with Gasteiger partial charge < -0.3 is 21.3 Å². The Labute approximate surface area is 188 Å². The summed E-state index contributed by atoms with van der Waals surface area (Å²) < 4.78 is 0. The van der Waals surface area contributed by atoms with E-state index in [0.717, 1.165) is 38.3 Å². The van der Waals surface area contributed by atoms with E-state index in [-0.39, 0.29) is 6.04 Å². The third-order valence-electron chi connectivity index (χ3n) is 4.46. The molecule has 0 aromatic heterocycles. The Morgan fingerprint density at radius 1 is 1.27 bits per heavy atom. The first-order valence-electron chi connectivity index (χ1n) is 11.6. The standard InChI is InChI=1S/C13H27N.C9H20N4O.C2H6/c1-7-11(2)8-9-14-12(3)10-13(4,5)6;1-3-13(6-5-10)9(4-7-14)8-12-11-2;1-2/h11,14H,3,7-10H2,1-2,4-6H3;7-9,11H,3-6,10H2,1-2H3;1-2H3/b;12-8-;. The van der Waals surface area contributed by atoms with Gasteiger partial charge in [-0.1, -0.05) is 68.4 Å². The molecule has 0 aliphatic carbocycles. The number of nitrogens with two attached hydrogens (primary N) is 1. The van der Waals surface area contributed by atoms with E-state index in [4.69, 9.17) is 5.73 Å². The van der Waals surface area contributed by atoms with Crippen LogP contribution in [0.5, 0.6) is 0 Å². The number of carbonyl (C=O) groups excluding carboxylic acids is 1. The van der Waals surface area contributed by atoms with Gasteiger partial charge in [-0.25, -0.2) is 0 Å². The van der Waals surface area contributed by atoms with Gasteiger partial charge in [0.15, 0.2) is 0 Å². The van der Waals surface area contributed by atoms with Gasteiger partial charge in [0.05, 0.1) is 6.04 Å². The summed E-state index contributed by atoms with van der Waals surface area (Å²) in [5.74, 6) is 0.824. The summed E-state index contributed by atoms with van der Waals surface area (Å²) in [6, 6.07) is 0.0495. The van der Waals surface area contributed by atoms with Crippen LogP contribution in [0.4, 0.5) is 0 Å². The number of likely N-dealkylation sites (N-methyl/N-ethyl adjacent to an activating group) is 1. The SMILES string of the molecule is C=C(CC(C)(C)C)NCCC(C)CC.CC.CCN(CCN)C(/C=N\NC)CC=O. The molecule has 0 bridgehead atoms. The van der Waals surface area contributed by atoms with Gasteiger partial charge in [0.25, 0.3) is 0 Å². The summed E-state index contributed by atoms with van der Waals surface area (Å²) >= 11 is 0. The highest BCUT2D eigenvalue weighted by molar-refractivity contribution is 5.69. The largest absolute Gasteiger partial charge is 0.389 e. The molecule has 2 atom stereocenters. The number of hydrazone groups is 1. The minimum absolute atomic E-state index is 0.0495. The summed E-state index contributed by atoms with van der Waals surface area (Å²) in [4.78, 5) is 12.6. The summed E-state index contributed by atoms with van der Waals surface area (Å²) in [6.45, 7) is 24.7. The zero-order valence-electron chi connectivity index (χ0n) is 21.6. The molecule has 0 saturated carbocycles. The average molecular weight is 428 g/mol. The van der Waals surface area contributed by atoms with Crippen molar-refractivity contribution >= 4 is 12.5 Å². The number of allylic oxidation sites excluding steroid dienone is 1. The average Bonchev–Trinajstić information content (AvgIpc) is 2.70. The summed E-state index contributed by atoms with van der Waals surface area (Å²) in [5, 5.41) is 7.34. The Bertz CT molecular complexity index is 418. The lowest BCUT2D eigenvalue weighted by Gasteiger charge is -2.25. The fourth-order valence-corrected chi connectivity index (χ4v) is 2.69. The van der Waals surface area contributed by atoms with E-state index < -0.39 is 0 Å². The number of nitrogens with zero attached hydrogens (tertiary/aromatic N) is 2. The molecule has 0 radical (unpaired) electrons. The van der Waals surface area contributed by atoms with Crippen molar-refractivity contribution in [1.82, 2.24) is 15.6 Å². The van der Waals surface area contributed by atoms with E-state index in [1.807, 2.05) is 20.8 Å². The van der Waals surface area contributed by atoms with Crippen LogP contribution in [-0.2, 0) is 4.79 Å². The van der Waals surface area contributed by atoms with E-state index in [2.05, 4.69) is 61.9 Å². The van der Waals surface area contributed by atoms with Crippen LogP contribution < -0.4 is 16.5 Å². The highest BCUT2D eigenvalue weighted by Gasteiger charge is 2.13. The molecule has 0 amide bonds. The fraction of sp³-hybridized carbons (Fsp3) is 0.833. The topological polar surface area (TPSA) is 82.8 Å². The molecule has 2 unspecified atom stereocenters. The van der Waals surface area contributed by atoms with Gasteiger partial charge in [0.2, 0.25) is 0 Å². The zero-order chi connectivity index (χ0) is 24.0. The van der Waals surface area contributed by atoms with Crippen LogP contribution in [0, 0.1) is 11.3 Å². The maximum atomic E-state index is 10.5. The number of hydrogen-bond donors (Lipinski definition) is 3. The third kappa shape index (κ3) is 22.9. The molecule has 0 aliphatic rings. The first kappa shape index (κ1) is 33.2. The molecule has 4 N–H and O–H groups in total. The lowest BCUT2D eigenvalue weighted by atomic mass is 9.91. The highest BCUT2D eigenvalue weighted by atomic mass is 16.1. The van der Waals surface area contributed by atoms with Crippen molar-refractivity contribution in [3.63, 3.8) is 0 Å². The van der Waals surface area contributed by atoms with Crippen molar-refractivity contribution < 1.29 is 4.79 Å². The number of aldehydes is 1. The van der Waals surface area contributed by atoms with E-state index in [0.29, 0.717) is 18.4 Å². The first-order chi connectivity index (χ1) is 14.1. The molecule has 0 heterocycles. The zero-order valence-corrected chi connectivity index (χ0v) is 21.6. The van der Waals surface area contributed by atoms with Crippen molar-refractivity contribution in [2.24, 2.45) is 22.2 Å². The maximum Gasteiger partial charge on any atom is 0.121 e. The van der Waals surface area contributed by atoms with E-state index >= 15 is 0 Å². The number of carbonyl (C=O) groups is 1. The molecule has 0 rings (SSSR count). The Morgan fingerprint density at radius 2 is 1.87 bits per heavy atom. The van der Waals surface area contributed by atoms with Crippen LogP contribution >= 0.6 is 0 Å². The normalized spacial score (nSPS) is 12.9. The van der Waals surface area contributed by atoms with Crippen molar-refractivity contribution in [3.8, 4) is 0 Å². The predicted molar refractivity (Wildman–Crippen MR) is 135 cm³/mol.